The molecule has 0 aliphatic carbocycles. The topological polar surface area (TPSA) is 166 Å². The number of aromatic amines is 2. The van der Waals surface area contributed by atoms with Crippen LogP contribution in [0, 0.1) is 13.8 Å². The molecule has 0 unspecified atom stereocenters. The molecule has 4 aromatic heterocycles. The number of aliphatic carboxylic acids is 1. The van der Waals surface area contributed by atoms with E-state index in [-0.39, 0.29) is 24.7 Å². The van der Waals surface area contributed by atoms with Crippen LogP contribution in [-0.2, 0) is 9.59 Å². The second kappa shape index (κ2) is 19.1. The van der Waals surface area contributed by atoms with Gasteiger partial charge in [0.15, 0.2) is 0 Å². The fourth-order valence-electron chi connectivity index (χ4n) is 9.07. The summed E-state index contributed by atoms with van der Waals surface area (Å²) in [6, 6.07) is 23.6. The van der Waals surface area contributed by atoms with Crippen molar-refractivity contribution in [2.45, 2.75) is 79.1 Å². The number of carboxylic acid groups (broad SMARTS) is 1. The maximum Gasteiger partial charge on any atom is 0.303 e. The molecule has 8 rings (SSSR count). The summed E-state index contributed by atoms with van der Waals surface area (Å²) in [5.74, 6) is -1.02. The first kappa shape index (κ1) is 44.2. The monoisotopic (exact) mass is 865 g/mol. The van der Waals surface area contributed by atoms with Crippen molar-refractivity contribution in [3.63, 3.8) is 0 Å². The van der Waals surface area contributed by atoms with Crippen LogP contribution < -0.4 is 10.6 Å². The first-order valence-electron chi connectivity index (χ1n) is 22.4. The van der Waals surface area contributed by atoms with Crippen LogP contribution in [0.5, 0.6) is 0 Å². The number of hydrogen-bond donors (Lipinski definition) is 5. The Bertz CT molecular complexity index is 3110. The molecule has 6 heterocycles. The molecule has 6 aromatic rings. The van der Waals surface area contributed by atoms with E-state index in [1.807, 2.05) is 92.7 Å². The minimum absolute atomic E-state index is 0.0387. The molecule has 0 radical (unpaired) electrons. The SMILES string of the molecule is C=Cc1c(C)c2cc3[nH]c(cc4nc(cc5nc(cc1[nH]2)C(C)=C5CCC(=O)O)C(CCC(=O)NCCCCCCNC(=O)c1c2ccccc2nc2ccccc12)=C4C)c(C)c3C=C. The number of aromatic nitrogens is 5. The van der Waals surface area contributed by atoms with Gasteiger partial charge in [0, 0.05) is 69.9 Å². The molecular formula is C54H55N7O4. The maximum absolute atomic E-state index is 13.4. The van der Waals surface area contributed by atoms with Gasteiger partial charge in [-0.3, -0.25) is 14.4 Å². The zero-order valence-electron chi connectivity index (χ0n) is 37.6. The van der Waals surface area contributed by atoms with Crippen LogP contribution in [0.25, 0.3) is 78.3 Å². The number of pyridine rings is 1. The van der Waals surface area contributed by atoms with Crippen molar-refractivity contribution in [2.75, 3.05) is 13.1 Å². The number of nitrogens with one attached hydrogen (secondary N) is 4. The lowest BCUT2D eigenvalue weighted by molar-refractivity contribution is -0.136. The van der Waals surface area contributed by atoms with Gasteiger partial charge >= 0.3 is 5.97 Å². The number of rotatable bonds is 16. The van der Waals surface area contributed by atoms with Gasteiger partial charge in [0.1, 0.15) is 0 Å². The predicted molar refractivity (Wildman–Crippen MR) is 265 cm³/mol. The van der Waals surface area contributed by atoms with Crippen molar-refractivity contribution >= 4 is 96.1 Å². The Hall–Kier alpha value is -7.40. The Balaban J connectivity index is 0.968. The lowest BCUT2D eigenvalue weighted by Crippen LogP contribution is -2.25. The average Bonchev–Trinajstić information content (AvgIpc) is 3.96. The zero-order chi connectivity index (χ0) is 45.8. The summed E-state index contributed by atoms with van der Waals surface area (Å²) < 4.78 is 0. The Morgan fingerprint density at radius 3 is 1.65 bits per heavy atom. The number of amides is 2. The smallest absolute Gasteiger partial charge is 0.303 e. The highest BCUT2D eigenvalue weighted by atomic mass is 16.4. The molecule has 0 saturated carbocycles. The number of hydrogen-bond acceptors (Lipinski definition) is 6. The second-order valence-corrected chi connectivity index (χ2v) is 16.9. The average molecular weight is 866 g/mol. The Morgan fingerprint density at radius 1 is 0.600 bits per heavy atom. The summed E-state index contributed by atoms with van der Waals surface area (Å²) in [7, 11) is 0. The Kier molecular flexibility index (Phi) is 13.0. The number of allylic oxidation sites excluding steroid dienone is 4. The Morgan fingerprint density at radius 2 is 1.09 bits per heavy atom. The summed E-state index contributed by atoms with van der Waals surface area (Å²) in [4.78, 5) is 60.8. The molecular weight excluding hydrogens is 811 g/mol. The summed E-state index contributed by atoms with van der Waals surface area (Å²) in [5, 5.41) is 17.6. The summed E-state index contributed by atoms with van der Waals surface area (Å²) in [6.07, 6.45) is 8.20. The van der Waals surface area contributed by atoms with Crippen molar-refractivity contribution in [3.8, 4) is 0 Å². The number of carbonyl (C=O) groups is 3. The molecule has 11 nitrogen and oxygen atoms in total. The number of benzene rings is 2. The van der Waals surface area contributed by atoms with Crippen LogP contribution in [0.4, 0.5) is 0 Å². The zero-order valence-corrected chi connectivity index (χ0v) is 37.6. The third kappa shape index (κ3) is 9.18. The number of para-hydroxylation sites is 2. The molecule has 0 spiro atoms. The summed E-state index contributed by atoms with van der Waals surface area (Å²) >= 11 is 0. The molecule has 330 valence electrons. The normalized spacial score (nSPS) is 12.6. The second-order valence-electron chi connectivity index (χ2n) is 16.9. The van der Waals surface area contributed by atoms with Gasteiger partial charge in [-0.25, -0.2) is 15.0 Å². The highest BCUT2D eigenvalue weighted by Crippen LogP contribution is 2.38. The number of nitrogens with zero attached hydrogens (tertiary/aromatic N) is 3. The summed E-state index contributed by atoms with van der Waals surface area (Å²) in [5.41, 5.74) is 16.4. The van der Waals surface area contributed by atoms with Crippen LogP contribution in [-0.4, -0.2) is 60.9 Å². The van der Waals surface area contributed by atoms with Gasteiger partial charge in [0.2, 0.25) is 5.91 Å². The third-order valence-electron chi connectivity index (χ3n) is 12.8. The molecule has 0 atom stereocenters. The standard InChI is InChI=1S/C54H55N7O4/c1-7-35-31(3)43-27-44-33(5)37(21-23-51(62)55-25-15-9-10-16-26-56-54(65)53-39-17-11-13-19-41(39)57-42-20-14-12-18-40(42)53)49(60-44)30-50-38(22-24-52(63)64)34(6)46(61-50)29-48-36(8-2)32(4)45(59-48)28-47(35)58-43/h7-8,11-14,17-20,27-30,58-59H,1-2,9-10,15-16,21-26H2,3-6H3,(H,55,62)(H,56,65)(H,63,64). The van der Waals surface area contributed by atoms with Gasteiger partial charge in [0.25, 0.3) is 5.91 Å². The first-order chi connectivity index (χ1) is 31.4. The number of carbonyl (C=O) groups excluding carboxylic acids is 2. The molecule has 5 N–H and O–H groups in total. The highest BCUT2D eigenvalue weighted by molar-refractivity contribution is 6.16. The van der Waals surface area contributed by atoms with E-state index >= 15 is 0 Å². The van der Waals surface area contributed by atoms with E-state index in [0.29, 0.717) is 42.9 Å². The van der Waals surface area contributed by atoms with Crippen molar-refractivity contribution in [1.82, 2.24) is 35.6 Å². The van der Waals surface area contributed by atoms with Crippen molar-refractivity contribution in [2.24, 2.45) is 0 Å². The van der Waals surface area contributed by atoms with E-state index in [4.69, 9.17) is 15.0 Å². The molecule has 11 heteroatoms. The fraction of sp³-hybridized carbons (Fsp3) is 0.259. The van der Waals surface area contributed by atoms with Crippen molar-refractivity contribution < 1.29 is 19.5 Å². The minimum Gasteiger partial charge on any atom is -0.481 e. The van der Waals surface area contributed by atoms with E-state index in [9.17, 15) is 19.5 Å². The molecule has 2 aliphatic rings. The molecule has 8 bridgehead atoms. The number of fused-ring (bicyclic) bond motifs is 10. The summed E-state index contributed by atoms with van der Waals surface area (Å²) in [6.45, 7) is 17.5. The van der Waals surface area contributed by atoms with Gasteiger partial charge in [-0.1, -0.05) is 74.5 Å². The molecule has 65 heavy (non-hydrogen) atoms. The number of carboxylic acids is 1. The van der Waals surface area contributed by atoms with Crippen molar-refractivity contribution in [1.29, 1.82) is 0 Å². The Labute approximate surface area is 378 Å². The van der Waals surface area contributed by atoms with E-state index in [1.165, 1.54) is 0 Å². The molecule has 2 amide bonds. The van der Waals surface area contributed by atoms with E-state index in [0.717, 1.165) is 125 Å². The third-order valence-corrected chi connectivity index (χ3v) is 12.8. The quantitative estimate of drug-likeness (QED) is 0.0477. The lowest BCUT2D eigenvalue weighted by atomic mass is 9.98. The number of H-pyrrole nitrogens is 2. The van der Waals surface area contributed by atoms with Crippen LogP contribution >= 0.6 is 0 Å². The van der Waals surface area contributed by atoms with Gasteiger partial charge in [-0.15, -0.1) is 0 Å². The highest BCUT2D eigenvalue weighted by Gasteiger charge is 2.23. The van der Waals surface area contributed by atoms with Gasteiger partial charge < -0.3 is 25.7 Å². The molecule has 0 fully saturated rings. The predicted octanol–water partition coefficient (Wildman–Crippen LogP) is 11.5. The minimum atomic E-state index is -0.881. The molecule has 2 aliphatic heterocycles. The van der Waals surface area contributed by atoms with E-state index in [2.05, 4.69) is 53.7 Å². The fourth-order valence-corrected chi connectivity index (χ4v) is 9.07. The first-order valence-corrected chi connectivity index (χ1v) is 22.4. The lowest BCUT2D eigenvalue weighted by Gasteiger charge is -2.11. The largest absolute Gasteiger partial charge is 0.481 e. The van der Waals surface area contributed by atoms with Gasteiger partial charge in [-0.05, 0) is 123 Å². The maximum atomic E-state index is 13.4. The van der Waals surface area contributed by atoms with Gasteiger partial charge in [-0.2, -0.15) is 0 Å². The van der Waals surface area contributed by atoms with Crippen LogP contribution in [0.15, 0.2) is 86.0 Å². The van der Waals surface area contributed by atoms with Crippen LogP contribution in [0.1, 0.15) is 121 Å². The number of unbranched alkanes of at least 4 members (excludes halogenated alkanes) is 3. The van der Waals surface area contributed by atoms with Crippen LogP contribution in [0.3, 0.4) is 0 Å². The van der Waals surface area contributed by atoms with E-state index in [1.54, 1.807) is 0 Å². The molecule has 2 aromatic carbocycles. The van der Waals surface area contributed by atoms with Gasteiger partial charge in [0.05, 0.1) is 39.4 Å². The molecule has 0 saturated heterocycles. The van der Waals surface area contributed by atoms with E-state index < -0.39 is 5.97 Å². The van der Waals surface area contributed by atoms with Crippen LogP contribution in [0.2, 0.25) is 0 Å². The van der Waals surface area contributed by atoms with Crippen molar-refractivity contribution in [3.05, 3.63) is 137 Å². The number of aryl methyl sites for hydroxylation is 2.